The Morgan fingerprint density at radius 3 is 2.53 bits per heavy atom. The van der Waals surface area contributed by atoms with E-state index in [-0.39, 0.29) is 17.2 Å². The highest BCUT2D eigenvalue weighted by Crippen LogP contribution is 2.29. The first-order valence-corrected chi connectivity index (χ1v) is 11.8. The van der Waals surface area contributed by atoms with Crippen LogP contribution in [-0.4, -0.2) is 44.9 Å². The zero-order valence-corrected chi connectivity index (χ0v) is 20.7. The predicted octanol–water partition coefficient (Wildman–Crippen LogP) is 6.01. The Labute approximate surface area is 203 Å². The second kappa shape index (κ2) is 9.69. The van der Waals surface area contributed by atoms with E-state index in [0.717, 1.165) is 33.5 Å². The summed E-state index contributed by atoms with van der Waals surface area (Å²) in [5.74, 6) is -0.258. The Balaban J connectivity index is 1.74. The number of amides is 2. The maximum atomic E-state index is 13.5. The van der Waals surface area contributed by atoms with Crippen LogP contribution in [0.25, 0.3) is 22.3 Å². The van der Waals surface area contributed by atoms with E-state index in [1.165, 1.54) is 4.90 Å². The Morgan fingerprint density at radius 1 is 1.06 bits per heavy atom. The Morgan fingerprint density at radius 2 is 1.82 bits per heavy atom. The van der Waals surface area contributed by atoms with Crippen molar-refractivity contribution in [2.75, 3.05) is 19.4 Å². The summed E-state index contributed by atoms with van der Waals surface area (Å²) in [6, 6.07) is 17.1. The number of thioether (sulfide) groups is 1. The number of carbonyl (C=O) groups is 2. The van der Waals surface area contributed by atoms with E-state index in [9.17, 15) is 9.59 Å². The van der Waals surface area contributed by atoms with E-state index in [2.05, 4.69) is 10.4 Å². The van der Waals surface area contributed by atoms with Gasteiger partial charge in [0.15, 0.2) is 5.65 Å². The summed E-state index contributed by atoms with van der Waals surface area (Å²) in [4.78, 5) is 32.7. The molecule has 0 spiro atoms. The van der Waals surface area contributed by atoms with Crippen LogP contribution in [0.3, 0.4) is 0 Å². The van der Waals surface area contributed by atoms with Gasteiger partial charge in [0.05, 0.1) is 22.8 Å². The highest BCUT2D eigenvalue weighted by atomic mass is 32.2. The second-order valence-electron chi connectivity index (χ2n) is 8.53. The number of hydrogen-bond donors (Lipinski definition) is 1. The molecule has 34 heavy (non-hydrogen) atoms. The Bertz CT molecular complexity index is 1380. The second-order valence-corrected chi connectivity index (χ2v) is 9.56. The van der Waals surface area contributed by atoms with Crippen molar-refractivity contribution in [2.24, 2.45) is 0 Å². The fourth-order valence-corrected chi connectivity index (χ4v) is 4.33. The number of benzene rings is 2. The SMILES string of the molecule is Cc1ccccc1-c1cc(C(=O)Nc2cccc(SC(=O)N(C)C)c2)c2cnn(C(C)C)c2n1. The van der Waals surface area contributed by atoms with Crippen LogP contribution in [0.1, 0.15) is 35.8 Å². The number of hydrogen-bond acceptors (Lipinski definition) is 5. The topological polar surface area (TPSA) is 80.1 Å². The van der Waals surface area contributed by atoms with Gasteiger partial charge in [0.25, 0.3) is 11.1 Å². The minimum absolute atomic E-state index is 0.0803. The summed E-state index contributed by atoms with van der Waals surface area (Å²) in [5.41, 5.74) is 4.54. The molecule has 0 unspecified atom stereocenters. The lowest BCUT2D eigenvalue weighted by Gasteiger charge is -2.13. The van der Waals surface area contributed by atoms with Crippen molar-refractivity contribution in [3.63, 3.8) is 0 Å². The fourth-order valence-electron chi connectivity index (χ4n) is 3.61. The molecule has 0 saturated carbocycles. The molecule has 7 nitrogen and oxygen atoms in total. The monoisotopic (exact) mass is 473 g/mol. The van der Waals surface area contributed by atoms with Gasteiger partial charge in [-0.1, -0.05) is 30.3 Å². The van der Waals surface area contributed by atoms with E-state index in [4.69, 9.17) is 4.98 Å². The highest BCUT2D eigenvalue weighted by Gasteiger charge is 2.19. The van der Waals surface area contributed by atoms with Crippen molar-refractivity contribution < 1.29 is 9.59 Å². The number of aryl methyl sites for hydroxylation is 1. The van der Waals surface area contributed by atoms with Gasteiger partial charge in [-0.15, -0.1) is 0 Å². The molecule has 0 fully saturated rings. The lowest BCUT2D eigenvalue weighted by atomic mass is 10.0. The van der Waals surface area contributed by atoms with Crippen LogP contribution in [0.2, 0.25) is 0 Å². The van der Waals surface area contributed by atoms with E-state index in [1.54, 1.807) is 32.4 Å². The third-order valence-corrected chi connectivity index (χ3v) is 6.41. The molecule has 2 heterocycles. The van der Waals surface area contributed by atoms with Crippen LogP contribution in [-0.2, 0) is 0 Å². The summed E-state index contributed by atoms with van der Waals surface area (Å²) in [6.07, 6.45) is 1.70. The quantitative estimate of drug-likeness (QED) is 0.359. The van der Waals surface area contributed by atoms with Crippen molar-refractivity contribution in [1.82, 2.24) is 19.7 Å². The first-order chi connectivity index (χ1) is 16.2. The highest BCUT2D eigenvalue weighted by molar-refractivity contribution is 8.13. The van der Waals surface area contributed by atoms with Crippen LogP contribution < -0.4 is 5.32 Å². The van der Waals surface area contributed by atoms with Crippen molar-refractivity contribution in [3.8, 4) is 11.3 Å². The molecule has 1 N–H and O–H groups in total. The molecule has 2 aromatic carbocycles. The first kappa shape index (κ1) is 23.5. The molecule has 2 amide bonds. The molecule has 4 aromatic rings. The van der Waals surface area contributed by atoms with Crippen molar-refractivity contribution >= 4 is 39.6 Å². The number of aromatic nitrogens is 3. The van der Waals surface area contributed by atoms with Crippen LogP contribution in [0.4, 0.5) is 10.5 Å². The molecule has 0 aliphatic carbocycles. The van der Waals surface area contributed by atoms with Gasteiger partial charge in [0, 0.05) is 36.3 Å². The Kier molecular flexibility index (Phi) is 6.70. The summed E-state index contributed by atoms with van der Waals surface area (Å²) >= 11 is 1.11. The number of carbonyl (C=O) groups excluding carboxylic acids is 2. The number of rotatable bonds is 5. The van der Waals surface area contributed by atoms with Gasteiger partial charge >= 0.3 is 0 Å². The largest absolute Gasteiger partial charge is 0.339 e. The van der Waals surface area contributed by atoms with E-state index < -0.39 is 0 Å². The fraction of sp³-hybridized carbons (Fsp3) is 0.231. The van der Waals surface area contributed by atoms with Gasteiger partial charge in [-0.3, -0.25) is 9.59 Å². The van der Waals surface area contributed by atoms with Crippen molar-refractivity contribution in [1.29, 1.82) is 0 Å². The molecule has 0 atom stereocenters. The number of pyridine rings is 1. The van der Waals surface area contributed by atoms with Crippen LogP contribution in [0, 0.1) is 6.92 Å². The standard InChI is InChI=1S/C26H27N5O2S/c1-16(2)31-24-22(15-27-31)21(14-23(29-24)20-12-7-6-9-17(20)3)25(32)28-18-10-8-11-19(13-18)34-26(33)30(4)5/h6-16H,1-5H3,(H,28,32). The summed E-state index contributed by atoms with van der Waals surface area (Å²) in [5, 5.41) is 8.09. The van der Waals surface area contributed by atoms with Crippen LogP contribution in [0.15, 0.2) is 65.7 Å². The number of fused-ring (bicyclic) bond motifs is 1. The molecule has 174 valence electrons. The molecule has 0 saturated heterocycles. The summed E-state index contributed by atoms with van der Waals surface area (Å²) in [6.45, 7) is 6.10. The minimum Gasteiger partial charge on any atom is -0.339 e. The smallest absolute Gasteiger partial charge is 0.285 e. The maximum absolute atomic E-state index is 13.5. The van der Waals surface area contributed by atoms with Gasteiger partial charge in [-0.2, -0.15) is 5.10 Å². The molecular weight excluding hydrogens is 446 g/mol. The van der Waals surface area contributed by atoms with Crippen LogP contribution in [0.5, 0.6) is 0 Å². The maximum Gasteiger partial charge on any atom is 0.285 e. The number of nitrogens with one attached hydrogen (secondary N) is 1. The van der Waals surface area contributed by atoms with Crippen molar-refractivity contribution in [2.45, 2.75) is 31.7 Å². The van der Waals surface area contributed by atoms with E-state index in [0.29, 0.717) is 22.3 Å². The normalized spacial score (nSPS) is 11.1. The Hall–Kier alpha value is -3.65. The van der Waals surface area contributed by atoms with Crippen molar-refractivity contribution in [3.05, 3.63) is 71.9 Å². The van der Waals surface area contributed by atoms with Gasteiger partial charge in [-0.05, 0) is 62.4 Å². The molecular formula is C26H27N5O2S. The van der Waals surface area contributed by atoms with E-state index >= 15 is 0 Å². The average Bonchev–Trinajstić information content (AvgIpc) is 3.23. The van der Waals surface area contributed by atoms with Crippen LogP contribution >= 0.6 is 11.8 Å². The summed E-state index contributed by atoms with van der Waals surface area (Å²) in [7, 11) is 3.41. The third-order valence-electron chi connectivity index (χ3n) is 5.38. The van der Waals surface area contributed by atoms with Gasteiger partial charge in [0.1, 0.15) is 0 Å². The molecule has 0 aliphatic heterocycles. The average molecular weight is 474 g/mol. The molecule has 0 bridgehead atoms. The lowest BCUT2D eigenvalue weighted by Crippen LogP contribution is -2.16. The number of anilines is 1. The first-order valence-electron chi connectivity index (χ1n) is 11.0. The molecule has 8 heteroatoms. The summed E-state index contributed by atoms with van der Waals surface area (Å²) < 4.78 is 1.83. The van der Waals surface area contributed by atoms with Gasteiger partial charge < -0.3 is 10.2 Å². The zero-order chi connectivity index (χ0) is 24.4. The molecule has 2 aromatic heterocycles. The molecule has 4 rings (SSSR count). The minimum atomic E-state index is -0.258. The van der Waals surface area contributed by atoms with Gasteiger partial charge in [0.2, 0.25) is 0 Å². The van der Waals surface area contributed by atoms with E-state index in [1.807, 2.05) is 67.9 Å². The van der Waals surface area contributed by atoms with Gasteiger partial charge in [-0.25, -0.2) is 9.67 Å². The zero-order valence-electron chi connectivity index (χ0n) is 19.9. The molecule has 0 radical (unpaired) electrons. The number of nitrogens with zero attached hydrogens (tertiary/aromatic N) is 4. The third kappa shape index (κ3) is 4.82. The lowest BCUT2D eigenvalue weighted by molar-refractivity contribution is 0.102. The predicted molar refractivity (Wildman–Crippen MR) is 137 cm³/mol. The molecule has 0 aliphatic rings.